The largest absolute Gasteiger partial charge is 0.481 e. The van der Waals surface area contributed by atoms with Crippen LogP contribution in [0.25, 0.3) is 6.08 Å². The number of benzene rings is 1. The van der Waals surface area contributed by atoms with Gasteiger partial charge in [0.2, 0.25) is 5.91 Å². The van der Waals surface area contributed by atoms with Gasteiger partial charge in [-0.25, -0.2) is 0 Å². The summed E-state index contributed by atoms with van der Waals surface area (Å²) in [6.07, 6.45) is 5.78. The van der Waals surface area contributed by atoms with Crippen LogP contribution in [0.3, 0.4) is 0 Å². The molecule has 0 radical (unpaired) electrons. The van der Waals surface area contributed by atoms with Gasteiger partial charge in [0.15, 0.2) is 0 Å². The number of amides is 2. The third kappa shape index (κ3) is 5.92. The number of piperidine rings is 1. The lowest BCUT2D eigenvalue weighted by Gasteiger charge is -2.30. The Labute approximate surface area is 186 Å². The Balaban J connectivity index is 1.37. The molecule has 2 fully saturated rings. The minimum atomic E-state index is -0.767. The number of thioether (sulfide) groups is 1. The first-order chi connectivity index (χ1) is 14.5. The predicted octanol–water partition coefficient (Wildman–Crippen LogP) is 3.77. The molecule has 2 heterocycles. The van der Waals surface area contributed by atoms with Gasteiger partial charge in [0.25, 0.3) is 5.91 Å². The van der Waals surface area contributed by atoms with Crippen molar-refractivity contribution < 1.29 is 19.5 Å². The molecular formula is C22H26N2O4S2. The van der Waals surface area contributed by atoms with Crippen molar-refractivity contribution in [3.8, 4) is 0 Å². The van der Waals surface area contributed by atoms with Gasteiger partial charge >= 0.3 is 5.97 Å². The molecule has 3 rings (SSSR count). The zero-order valence-corrected chi connectivity index (χ0v) is 18.4. The van der Waals surface area contributed by atoms with E-state index < -0.39 is 5.97 Å². The topological polar surface area (TPSA) is 77.9 Å². The summed E-state index contributed by atoms with van der Waals surface area (Å²) in [6.45, 7) is 1.62. The lowest BCUT2D eigenvalue weighted by atomic mass is 9.97. The second kappa shape index (κ2) is 10.7. The Morgan fingerprint density at radius 2 is 1.83 bits per heavy atom. The fraction of sp³-hybridized carbons (Fsp3) is 0.455. The molecule has 0 aliphatic carbocycles. The van der Waals surface area contributed by atoms with E-state index in [0.29, 0.717) is 48.1 Å². The second-order valence-electron chi connectivity index (χ2n) is 7.55. The zero-order chi connectivity index (χ0) is 21.5. The first-order valence-electron chi connectivity index (χ1n) is 10.3. The minimum absolute atomic E-state index is 0.0498. The summed E-state index contributed by atoms with van der Waals surface area (Å²) in [4.78, 5) is 40.0. The Kier molecular flexibility index (Phi) is 8.04. The number of hydrogen-bond donors (Lipinski definition) is 1. The Hall–Kier alpha value is -2.19. The molecule has 0 bridgehead atoms. The van der Waals surface area contributed by atoms with Crippen LogP contribution >= 0.6 is 24.0 Å². The van der Waals surface area contributed by atoms with Crippen molar-refractivity contribution in [1.29, 1.82) is 0 Å². The molecule has 2 aliphatic heterocycles. The molecule has 2 saturated heterocycles. The number of carbonyl (C=O) groups is 3. The first kappa shape index (κ1) is 22.5. The van der Waals surface area contributed by atoms with E-state index in [0.717, 1.165) is 24.8 Å². The molecule has 0 atom stereocenters. The number of unbranched alkanes of at least 4 members (excludes halogenated alkanes) is 2. The first-order valence-corrected chi connectivity index (χ1v) is 11.5. The molecule has 1 aromatic carbocycles. The molecule has 8 heteroatoms. The average molecular weight is 447 g/mol. The van der Waals surface area contributed by atoms with Gasteiger partial charge in [0, 0.05) is 26.1 Å². The summed E-state index contributed by atoms with van der Waals surface area (Å²) < 4.78 is 0.583. The monoisotopic (exact) mass is 446 g/mol. The van der Waals surface area contributed by atoms with Crippen LogP contribution in [0.2, 0.25) is 0 Å². The van der Waals surface area contributed by atoms with Crippen LogP contribution in [-0.4, -0.2) is 56.6 Å². The summed E-state index contributed by atoms with van der Waals surface area (Å²) >= 11 is 6.70. The molecule has 1 aromatic rings. The zero-order valence-electron chi connectivity index (χ0n) is 16.8. The van der Waals surface area contributed by atoms with Gasteiger partial charge < -0.3 is 10.0 Å². The SMILES string of the molecule is O=C(O)C1CCN(C(=O)CCCCCN2C(=O)C(=Cc3ccccc3)SC2=S)CC1. The van der Waals surface area contributed by atoms with Crippen molar-refractivity contribution in [2.75, 3.05) is 19.6 Å². The minimum Gasteiger partial charge on any atom is -0.481 e. The van der Waals surface area contributed by atoms with Gasteiger partial charge in [0.1, 0.15) is 4.32 Å². The molecule has 1 N–H and O–H groups in total. The van der Waals surface area contributed by atoms with E-state index in [-0.39, 0.29) is 17.7 Å². The normalized spacial score (nSPS) is 19.0. The maximum absolute atomic E-state index is 12.6. The smallest absolute Gasteiger partial charge is 0.306 e. The highest BCUT2D eigenvalue weighted by atomic mass is 32.2. The molecule has 0 spiro atoms. The number of carboxylic acid groups (broad SMARTS) is 1. The van der Waals surface area contributed by atoms with Crippen LogP contribution in [0.4, 0.5) is 0 Å². The fourth-order valence-electron chi connectivity index (χ4n) is 3.65. The number of carbonyl (C=O) groups excluding carboxylic acids is 2. The van der Waals surface area contributed by atoms with Crippen LogP contribution in [0.5, 0.6) is 0 Å². The van der Waals surface area contributed by atoms with E-state index in [1.807, 2.05) is 36.4 Å². The Bertz CT molecular complexity index is 833. The molecular weight excluding hydrogens is 420 g/mol. The number of rotatable bonds is 8. The van der Waals surface area contributed by atoms with Crippen LogP contribution in [0, 0.1) is 5.92 Å². The maximum atomic E-state index is 12.6. The molecule has 30 heavy (non-hydrogen) atoms. The summed E-state index contributed by atoms with van der Waals surface area (Å²) in [6, 6.07) is 9.71. The van der Waals surface area contributed by atoms with Gasteiger partial charge in [-0.1, -0.05) is 60.7 Å². The molecule has 0 aromatic heterocycles. The van der Waals surface area contributed by atoms with Crippen molar-refractivity contribution in [2.45, 2.75) is 38.5 Å². The molecule has 160 valence electrons. The average Bonchev–Trinajstić information content (AvgIpc) is 3.01. The van der Waals surface area contributed by atoms with Crippen LogP contribution in [0.1, 0.15) is 44.1 Å². The van der Waals surface area contributed by atoms with E-state index in [1.54, 1.807) is 9.80 Å². The Morgan fingerprint density at radius 3 is 2.50 bits per heavy atom. The molecule has 0 saturated carbocycles. The van der Waals surface area contributed by atoms with Gasteiger partial charge in [-0.2, -0.15) is 0 Å². The van der Waals surface area contributed by atoms with Crippen LogP contribution in [0.15, 0.2) is 35.2 Å². The van der Waals surface area contributed by atoms with Crippen molar-refractivity contribution in [2.24, 2.45) is 5.92 Å². The van der Waals surface area contributed by atoms with Gasteiger partial charge in [-0.3, -0.25) is 19.3 Å². The quantitative estimate of drug-likeness (QED) is 0.372. The predicted molar refractivity (Wildman–Crippen MR) is 122 cm³/mol. The summed E-state index contributed by atoms with van der Waals surface area (Å²) in [5.74, 6) is -1.05. The summed E-state index contributed by atoms with van der Waals surface area (Å²) in [7, 11) is 0. The van der Waals surface area contributed by atoms with Crippen molar-refractivity contribution in [3.05, 3.63) is 40.8 Å². The van der Waals surface area contributed by atoms with Gasteiger partial charge in [-0.15, -0.1) is 0 Å². The van der Waals surface area contributed by atoms with E-state index in [9.17, 15) is 14.4 Å². The fourth-order valence-corrected chi connectivity index (χ4v) is 4.96. The van der Waals surface area contributed by atoms with Crippen molar-refractivity contribution in [1.82, 2.24) is 9.80 Å². The molecule has 2 amide bonds. The number of hydrogen-bond acceptors (Lipinski definition) is 5. The van der Waals surface area contributed by atoms with Crippen molar-refractivity contribution >= 4 is 52.2 Å². The highest BCUT2D eigenvalue weighted by Crippen LogP contribution is 2.32. The number of thiocarbonyl (C=S) groups is 1. The van der Waals surface area contributed by atoms with E-state index in [4.69, 9.17) is 17.3 Å². The lowest BCUT2D eigenvalue weighted by molar-refractivity contribution is -0.145. The van der Waals surface area contributed by atoms with Crippen molar-refractivity contribution in [3.63, 3.8) is 0 Å². The van der Waals surface area contributed by atoms with Gasteiger partial charge in [-0.05, 0) is 37.3 Å². The van der Waals surface area contributed by atoms with E-state index in [2.05, 4.69) is 0 Å². The summed E-state index contributed by atoms with van der Waals surface area (Å²) in [5.41, 5.74) is 0.976. The number of likely N-dealkylation sites (tertiary alicyclic amines) is 1. The summed E-state index contributed by atoms with van der Waals surface area (Å²) in [5, 5.41) is 9.04. The van der Waals surface area contributed by atoms with E-state index >= 15 is 0 Å². The standard InChI is InChI=1S/C22H26N2O4S2/c25-19(23-13-10-17(11-14-23)21(27)28)9-5-2-6-12-24-20(26)18(30-22(24)29)15-16-7-3-1-4-8-16/h1,3-4,7-8,15,17H,2,5-6,9-14H2,(H,27,28). The van der Waals surface area contributed by atoms with E-state index in [1.165, 1.54) is 11.8 Å². The third-order valence-corrected chi connectivity index (χ3v) is 6.82. The molecule has 2 aliphatic rings. The second-order valence-corrected chi connectivity index (χ2v) is 9.22. The molecule has 6 nitrogen and oxygen atoms in total. The lowest BCUT2D eigenvalue weighted by Crippen LogP contribution is -2.40. The Morgan fingerprint density at radius 1 is 1.13 bits per heavy atom. The third-order valence-electron chi connectivity index (χ3n) is 5.44. The number of aliphatic carboxylic acids is 1. The van der Waals surface area contributed by atoms with Crippen LogP contribution in [-0.2, 0) is 14.4 Å². The number of nitrogens with zero attached hydrogens (tertiary/aromatic N) is 2. The highest BCUT2D eigenvalue weighted by Gasteiger charge is 2.31. The molecule has 0 unspecified atom stereocenters. The van der Waals surface area contributed by atoms with Crippen LogP contribution < -0.4 is 0 Å². The number of carboxylic acids is 1. The van der Waals surface area contributed by atoms with Gasteiger partial charge in [0.05, 0.1) is 10.8 Å². The maximum Gasteiger partial charge on any atom is 0.306 e. The highest BCUT2D eigenvalue weighted by molar-refractivity contribution is 8.26.